The molecule has 1 fully saturated rings. The summed E-state index contributed by atoms with van der Waals surface area (Å²) in [5.41, 5.74) is 3.86. The average Bonchev–Trinajstić information content (AvgIpc) is 2.84. The van der Waals surface area contributed by atoms with Gasteiger partial charge in [-0.2, -0.15) is 0 Å². The van der Waals surface area contributed by atoms with Crippen LogP contribution in [0.5, 0.6) is 0 Å². The van der Waals surface area contributed by atoms with E-state index in [1.165, 1.54) is 0 Å². The Labute approximate surface area is 204 Å². The van der Waals surface area contributed by atoms with E-state index in [4.69, 9.17) is 26.5 Å². The molecule has 0 spiro atoms. The lowest BCUT2D eigenvalue weighted by atomic mass is 9.90. The molecule has 0 radical (unpaired) electrons. The lowest BCUT2D eigenvalue weighted by Crippen LogP contribution is -2.55. The SMILES string of the molecule is CCCC(=O)OC[C@H]1O[C@@H](c2ccc(Cl)c(Cc3ccc(C(=N)CC)cc3)c2)[C@H](O)[C@@H](O)[C@@H]1O. The Bertz CT molecular complexity index is 995. The highest BCUT2D eigenvalue weighted by Gasteiger charge is 2.44. The predicted molar refractivity (Wildman–Crippen MR) is 129 cm³/mol. The van der Waals surface area contributed by atoms with E-state index >= 15 is 0 Å². The van der Waals surface area contributed by atoms with Crippen LogP contribution in [0.1, 0.15) is 61.5 Å². The minimum Gasteiger partial charge on any atom is -0.463 e. The van der Waals surface area contributed by atoms with Gasteiger partial charge in [0, 0.05) is 17.2 Å². The van der Waals surface area contributed by atoms with Crippen molar-refractivity contribution in [3.8, 4) is 0 Å². The predicted octanol–water partition coefficient (Wildman–Crippen LogP) is 3.57. The maximum absolute atomic E-state index is 11.7. The molecule has 1 saturated heterocycles. The van der Waals surface area contributed by atoms with Crippen LogP contribution in [0.15, 0.2) is 42.5 Å². The highest BCUT2D eigenvalue weighted by atomic mass is 35.5. The number of esters is 1. The third kappa shape index (κ3) is 6.23. The topological polar surface area (TPSA) is 120 Å². The van der Waals surface area contributed by atoms with Crippen molar-refractivity contribution in [2.75, 3.05) is 6.61 Å². The van der Waals surface area contributed by atoms with Crippen molar-refractivity contribution < 1.29 is 29.6 Å². The quantitative estimate of drug-likeness (QED) is 0.315. The Morgan fingerprint density at radius 2 is 1.76 bits per heavy atom. The zero-order valence-electron chi connectivity index (χ0n) is 19.4. The van der Waals surface area contributed by atoms with Gasteiger partial charge in [0.2, 0.25) is 0 Å². The van der Waals surface area contributed by atoms with Gasteiger partial charge in [-0.25, -0.2) is 0 Å². The molecule has 0 aliphatic carbocycles. The minimum absolute atomic E-state index is 0.222. The first-order chi connectivity index (χ1) is 16.2. The molecule has 4 N–H and O–H groups in total. The van der Waals surface area contributed by atoms with Crippen molar-refractivity contribution in [1.29, 1.82) is 5.41 Å². The van der Waals surface area contributed by atoms with Crippen molar-refractivity contribution >= 4 is 23.3 Å². The molecule has 0 aromatic heterocycles. The Morgan fingerprint density at radius 1 is 1.06 bits per heavy atom. The highest BCUT2D eigenvalue weighted by molar-refractivity contribution is 6.31. The van der Waals surface area contributed by atoms with Crippen LogP contribution in [-0.2, 0) is 20.7 Å². The second-order valence-corrected chi connectivity index (χ2v) is 8.96. The van der Waals surface area contributed by atoms with Gasteiger partial charge in [-0.3, -0.25) is 4.79 Å². The number of carbonyl (C=O) groups excluding carboxylic acids is 1. The fourth-order valence-corrected chi connectivity index (χ4v) is 4.15. The van der Waals surface area contributed by atoms with Gasteiger partial charge in [-0.15, -0.1) is 0 Å². The summed E-state index contributed by atoms with van der Waals surface area (Å²) in [6.07, 6.45) is -4.07. The van der Waals surface area contributed by atoms with Crippen LogP contribution in [0, 0.1) is 5.41 Å². The summed E-state index contributed by atoms with van der Waals surface area (Å²) >= 11 is 6.44. The second kappa shape index (κ2) is 11.9. The fraction of sp³-hybridized carbons (Fsp3) is 0.462. The van der Waals surface area contributed by atoms with E-state index in [0.717, 1.165) is 16.7 Å². The van der Waals surface area contributed by atoms with Gasteiger partial charge in [0.05, 0.1) is 0 Å². The molecular weight excluding hydrogens is 458 g/mol. The van der Waals surface area contributed by atoms with Crippen LogP contribution in [0.25, 0.3) is 0 Å². The van der Waals surface area contributed by atoms with E-state index < -0.39 is 36.5 Å². The molecule has 7 nitrogen and oxygen atoms in total. The van der Waals surface area contributed by atoms with Gasteiger partial charge in [-0.05, 0) is 47.6 Å². The standard InChI is InChI=1S/C26H32ClNO6/c1-3-5-22(29)33-14-21-23(30)24(31)25(32)26(34-21)17-10-11-19(27)18(13-17)12-15-6-8-16(9-7-15)20(28)4-2/h6-11,13,21,23-26,28,30-32H,3-5,12,14H2,1-2H3/t21-,23-,24+,25-,26+/m1/s1. The second-order valence-electron chi connectivity index (χ2n) is 8.56. The summed E-state index contributed by atoms with van der Waals surface area (Å²) < 4.78 is 11.1. The van der Waals surface area contributed by atoms with E-state index in [-0.39, 0.29) is 13.0 Å². The Balaban J connectivity index is 1.78. The number of aliphatic hydroxyl groups is 3. The molecule has 2 aromatic carbocycles. The van der Waals surface area contributed by atoms with Gasteiger partial charge in [-0.1, -0.05) is 61.8 Å². The van der Waals surface area contributed by atoms with Crippen molar-refractivity contribution in [1.82, 2.24) is 0 Å². The van der Waals surface area contributed by atoms with Crippen molar-refractivity contribution in [3.05, 3.63) is 69.7 Å². The lowest BCUT2D eigenvalue weighted by Gasteiger charge is -2.40. The third-order valence-electron chi connectivity index (χ3n) is 6.02. The largest absolute Gasteiger partial charge is 0.463 e. The number of nitrogens with one attached hydrogen (secondary N) is 1. The summed E-state index contributed by atoms with van der Waals surface area (Å²) in [4.78, 5) is 11.7. The van der Waals surface area contributed by atoms with Gasteiger partial charge >= 0.3 is 5.97 Å². The Morgan fingerprint density at radius 3 is 2.41 bits per heavy atom. The molecule has 0 unspecified atom stereocenters. The molecule has 0 amide bonds. The first kappa shape index (κ1) is 26.3. The van der Waals surface area contributed by atoms with Crippen LogP contribution in [0.2, 0.25) is 5.02 Å². The number of halogens is 1. The molecule has 8 heteroatoms. The van der Waals surface area contributed by atoms with E-state index in [1.807, 2.05) is 44.2 Å². The summed E-state index contributed by atoms with van der Waals surface area (Å²) in [6, 6.07) is 12.9. The van der Waals surface area contributed by atoms with Crippen molar-refractivity contribution in [2.45, 2.75) is 70.1 Å². The van der Waals surface area contributed by atoms with Crippen LogP contribution < -0.4 is 0 Å². The van der Waals surface area contributed by atoms with E-state index in [2.05, 4.69) is 0 Å². The smallest absolute Gasteiger partial charge is 0.305 e. The molecule has 0 saturated carbocycles. The molecule has 34 heavy (non-hydrogen) atoms. The summed E-state index contributed by atoms with van der Waals surface area (Å²) in [7, 11) is 0. The molecule has 1 aliphatic rings. The van der Waals surface area contributed by atoms with Crippen molar-refractivity contribution in [3.63, 3.8) is 0 Å². The molecule has 0 bridgehead atoms. The molecule has 1 heterocycles. The van der Waals surface area contributed by atoms with Gasteiger partial charge in [0.1, 0.15) is 37.1 Å². The number of rotatable bonds is 9. The normalized spacial score (nSPS) is 24.6. The number of aliphatic hydroxyl groups excluding tert-OH is 3. The maximum atomic E-state index is 11.7. The first-order valence-electron chi connectivity index (χ1n) is 11.5. The third-order valence-corrected chi connectivity index (χ3v) is 6.39. The number of hydrogen-bond acceptors (Lipinski definition) is 7. The number of ether oxygens (including phenoxy) is 2. The molecular formula is C26H32ClNO6. The monoisotopic (exact) mass is 489 g/mol. The van der Waals surface area contributed by atoms with Crippen LogP contribution in [-0.4, -0.2) is 58.0 Å². The van der Waals surface area contributed by atoms with E-state index in [1.54, 1.807) is 12.1 Å². The first-order valence-corrected chi connectivity index (χ1v) is 11.9. The van der Waals surface area contributed by atoms with Crippen LogP contribution in [0.3, 0.4) is 0 Å². The molecule has 2 aromatic rings. The molecule has 184 valence electrons. The number of benzene rings is 2. The minimum atomic E-state index is -1.46. The maximum Gasteiger partial charge on any atom is 0.305 e. The van der Waals surface area contributed by atoms with Crippen molar-refractivity contribution in [2.24, 2.45) is 0 Å². The van der Waals surface area contributed by atoms with E-state index in [9.17, 15) is 20.1 Å². The Hall–Kier alpha value is -2.29. The lowest BCUT2D eigenvalue weighted by molar-refractivity contribution is -0.234. The Kier molecular flexibility index (Phi) is 9.22. The summed E-state index contributed by atoms with van der Waals surface area (Å²) in [5, 5.41) is 39.8. The van der Waals surface area contributed by atoms with E-state index in [0.29, 0.717) is 35.6 Å². The number of carbonyl (C=O) groups is 1. The van der Waals surface area contributed by atoms with Gasteiger partial charge in [0.15, 0.2) is 0 Å². The zero-order chi connectivity index (χ0) is 24.8. The average molecular weight is 490 g/mol. The summed E-state index contributed by atoms with van der Waals surface area (Å²) in [5.74, 6) is -0.413. The van der Waals surface area contributed by atoms with Crippen LogP contribution >= 0.6 is 11.6 Å². The molecule has 3 rings (SSSR count). The van der Waals surface area contributed by atoms with Gasteiger partial charge < -0.3 is 30.2 Å². The van der Waals surface area contributed by atoms with Crippen LogP contribution in [0.4, 0.5) is 0 Å². The summed E-state index contributed by atoms with van der Waals surface area (Å²) in [6.45, 7) is 3.57. The molecule has 1 aliphatic heterocycles. The van der Waals surface area contributed by atoms with Gasteiger partial charge in [0.25, 0.3) is 0 Å². The number of hydrogen-bond donors (Lipinski definition) is 4. The highest BCUT2D eigenvalue weighted by Crippen LogP contribution is 2.34. The molecule has 5 atom stereocenters. The zero-order valence-corrected chi connectivity index (χ0v) is 20.2. The fourth-order valence-electron chi connectivity index (χ4n) is 3.97.